The lowest BCUT2D eigenvalue weighted by Gasteiger charge is -2.25. The number of fused-ring (bicyclic) bond motifs is 1. The Hall–Kier alpha value is -4.65. The van der Waals surface area contributed by atoms with Crippen molar-refractivity contribution in [2.24, 2.45) is 0 Å². The Morgan fingerprint density at radius 2 is 1.77 bits per heavy atom. The van der Waals surface area contributed by atoms with Gasteiger partial charge in [0.15, 0.2) is 11.6 Å². The normalized spacial score (nSPS) is 12.8. The van der Waals surface area contributed by atoms with Gasteiger partial charge in [-0.2, -0.15) is 9.65 Å². The van der Waals surface area contributed by atoms with Crippen LogP contribution in [-0.4, -0.2) is 15.0 Å². The number of aromatic amines is 2. The number of H-pyrrole nitrogens is 2. The van der Waals surface area contributed by atoms with Crippen LogP contribution in [0, 0.1) is 40.4 Å². The Balaban J connectivity index is 1.54. The van der Waals surface area contributed by atoms with Gasteiger partial charge in [-0.1, -0.05) is 26.3 Å². The zero-order valence-electron chi connectivity index (χ0n) is 21.5. The molecule has 0 saturated heterocycles. The molecule has 0 aliphatic rings. The summed E-state index contributed by atoms with van der Waals surface area (Å²) in [7, 11) is 0. The molecule has 0 aliphatic carbocycles. The number of nitriles is 1. The molecule has 0 fully saturated rings. The van der Waals surface area contributed by atoms with E-state index in [4.69, 9.17) is 4.74 Å². The second-order valence-electron chi connectivity index (χ2n) is 9.40. The summed E-state index contributed by atoms with van der Waals surface area (Å²) in [5, 5.41) is 10.0. The summed E-state index contributed by atoms with van der Waals surface area (Å²) >= 11 is 0. The fourth-order valence-corrected chi connectivity index (χ4v) is 4.88. The average molecular weight is 551 g/mol. The van der Waals surface area contributed by atoms with Crippen LogP contribution in [0.3, 0.4) is 0 Å². The number of hydrogen-bond donors (Lipinski definition) is 2. The number of aromatic nitrogens is 3. The van der Waals surface area contributed by atoms with Crippen molar-refractivity contribution in [3.63, 3.8) is 0 Å². The first kappa shape index (κ1) is 26.9. The lowest BCUT2D eigenvalue weighted by Crippen LogP contribution is -2.26. The van der Waals surface area contributed by atoms with E-state index in [1.807, 2.05) is 6.92 Å². The number of hydrogen-bond acceptors (Lipinski definition) is 3. The third-order valence-corrected chi connectivity index (χ3v) is 6.95. The highest BCUT2D eigenvalue weighted by Crippen LogP contribution is 2.39. The van der Waals surface area contributed by atoms with E-state index in [1.165, 1.54) is 30.6 Å². The van der Waals surface area contributed by atoms with Crippen molar-refractivity contribution in [1.82, 2.24) is 15.0 Å². The number of imidazole rings is 1. The molecule has 1 atom stereocenters. The van der Waals surface area contributed by atoms with E-state index < -0.39 is 40.3 Å². The van der Waals surface area contributed by atoms with Gasteiger partial charge in [-0.25, -0.2) is 22.5 Å². The molecular formula is C30H23F5N4O. The molecule has 5 aromatic rings. The molecule has 2 heterocycles. The van der Waals surface area contributed by atoms with E-state index >= 15 is 0 Å². The van der Waals surface area contributed by atoms with Gasteiger partial charge in [-0.05, 0) is 60.4 Å². The molecule has 2 N–H and O–H groups in total. The van der Waals surface area contributed by atoms with Crippen LogP contribution in [0.5, 0.6) is 11.5 Å². The smallest absolute Gasteiger partial charge is 0.206 e. The average Bonchev–Trinajstić information content (AvgIpc) is 3.63. The van der Waals surface area contributed by atoms with Crippen LogP contribution in [0.4, 0.5) is 22.0 Å². The highest BCUT2D eigenvalue weighted by atomic mass is 19.2. The topological polar surface area (TPSA) is 77.5 Å². The maximum absolute atomic E-state index is 14.9. The molecule has 10 heteroatoms. The summed E-state index contributed by atoms with van der Waals surface area (Å²) in [5.41, 5.74) is -0.292. The molecule has 40 heavy (non-hydrogen) atoms. The van der Waals surface area contributed by atoms with Crippen molar-refractivity contribution in [2.75, 3.05) is 0 Å². The van der Waals surface area contributed by atoms with Crippen LogP contribution < -0.4 is 4.74 Å². The minimum atomic E-state index is -1.54. The summed E-state index contributed by atoms with van der Waals surface area (Å²) in [4.78, 5) is 9.63. The fourth-order valence-electron chi connectivity index (χ4n) is 4.88. The highest BCUT2D eigenvalue weighted by molar-refractivity contribution is 5.82. The SMILES string of the molecule is CCCc1cc(F)cc(C(C#N)(CC)c2cnc(-c3cc(Oc4c(F)c(F)c5[nH]ccc5c4F)ccc3F)[nH]2)c1. The summed E-state index contributed by atoms with van der Waals surface area (Å²) in [6.45, 7) is 3.74. The van der Waals surface area contributed by atoms with Crippen molar-refractivity contribution in [3.8, 4) is 29.0 Å². The molecule has 0 aliphatic heterocycles. The second-order valence-corrected chi connectivity index (χ2v) is 9.40. The Bertz CT molecular complexity index is 1770. The van der Waals surface area contributed by atoms with Gasteiger partial charge in [0.2, 0.25) is 11.6 Å². The minimum Gasteiger partial charge on any atom is -0.451 e. The number of halogens is 5. The predicted molar refractivity (Wildman–Crippen MR) is 139 cm³/mol. The van der Waals surface area contributed by atoms with Crippen LogP contribution in [0.15, 0.2) is 54.9 Å². The number of ether oxygens (including phenoxy) is 1. The second kappa shape index (κ2) is 10.5. The predicted octanol–water partition coefficient (Wildman–Crippen LogP) is 8.22. The molecular weight excluding hydrogens is 527 g/mol. The largest absolute Gasteiger partial charge is 0.451 e. The van der Waals surface area contributed by atoms with Crippen molar-refractivity contribution >= 4 is 10.9 Å². The molecule has 0 spiro atoms. The van der Waals surface area contributed by atoms with Gasteiger partial charge < -0.3 is 14.7 Å². The lowest BCUT2D eigenvalue weighted by atomic mass is 9.76. The first-order chi connectivity index (χ1) is 19.2. The third-order valence-electron chi connectivity index (χ3n) is 6.95. The van der Waals surface area contributed by atoms with Crippen molar-refractivity contribution < 1.29 is 26.7 Å². The number of aryl methyl sites for hydroxylation is 1. The van der Waals surface area contributed by atoms with Crippen LogP contribution in [0.25, 0.3) is 22.3 Å². The van der Waals surface area contributed by atoms with Gasteiger partial charge in [0, 0.05) is 11.6 Å². The summed E-state index contributed by atoms with van der Waals surface area (Å²) in [6, 6.07) is 11.3. The Morgan fingerprint density at radius 1 is 0.975 bits per heavy atom. The number of nitrogens with zero attached hydrogens (tertiary/aromatic N) is 2. The zero-order chi connectivity index (χ0) is 28.6. The maximum Gasteiger partial charge on any atom is 0.206 e. The summed E-state index contributed by atoms with van der Waals surface area (Å²) in [5.74, 6) is -6.36. The van der Waals surface area contributed by atoms with E-state index in [0.29, 0.717) is 17.7 Å². The van der Waals surface area contributed by atoms with Gasteiger partial charge in [-0.15, -0.1) is 0 Å². The molecule has 2 aromatic heterocycles. The van der Waals surface area contributed by atoms with E-state index in [2.05, 4.69) is 21.0 Å². The Labute approximate surface area is 226 Å². The number of benzene rings is 3. The lowest BCUT2D eigenvalue weighted by molar-refractivity contribution is 0.392. The number of rotatable bonds is 8. The first-order valence-electron chi connectivity index (χ1n) is 12.6. The van der Waals surface area contributed by atoms with E-state index in [0.717, 1.165) is 30.2 Å². The van der Waals surface area contributed by atoms with Gasteiger partial charge in [0.05, 0.1) is 29.0 Å². The number of nitrogens with one attached hydrogen (secondary N) is 2. The van der Waals surface area contributed by atoms with Crippen LogP contribution in [0.1, 0.15) is 43.5 Å². The molecule has 1 unspecified atom stereocenters. The summed E-state index contributed by atoms with van der Waals surface area (Å²) in [6.07, 6.45) is 4.31. The molecule has 0 saturated carbocycles. The molecule has 204 valence electrons. The van der Waals surface area contributed by atoms with E-state index in [-0.39, 0.29) is 34.5 Å². The van der Waals surface area contributed by atoms with E-state index in [9.17, 15) is 27.2 Å². The molecule has 0 amide bonds. The van der Waals surface area contributed by atoms with Gasteiger partial charge >= 0.3 is 0 Å². The standard InChI is InChI=1S/C30H23F5N4O/c1-3-5-16-10-17(12-18(31)11-16)30(4-2,15-36)23-14-38-29(39-23)21-13-19(6-7-22(21)32)40-28-24(33)20-8-9-37-27(20)25(34)26(28)35/h6-14,37H,3-5H2,1-2H3,(H,38,39). The van der Waals surface area contributed by atoms with E-state index in [1.54, 1.807) is 13.0 Å². The summed E-state index contributed by atoms with van der Waals surface area (Å²) < 4.78 is 78.7. The molecule has 0 bridgehead atoms. The zero-order valence-corrected chi connectivity index (χ0v) is 21.5. The van der Waals surface area contributed by atoms with Gasteiger partial charge in [-0.3, -0.25) is 0 Å². The van der Waals surface area contributed by atoms with Crippen LogP contribution in [-0.2, 0) is 11.8 Å². The maximum atomic E-state index is 14.9. The Kier molecular flexibility index (Phi) is 7.06. The Morgan fingerprint density at radius 3 is 2.50 bits per heavy atom. The van der Waals surface area contributed by atoms with Gasteiger partial charge in [0.1, 0.15) is 28.6 Å². The van der Waals surface area contributed by atoms with Crippen molar-refractivity contribution in [3.05, 3.63) is 101 Å². The monoisotopic (exact) mass is 550 g/mol. The molecule has 5 nitrogen and oxygen atoms in total. The minimum absolute atomic E-state index is 0.00409. The molecule has 5 rings (SSSR count). The van der Waals surface area contributed by atoms with Crippen LogP contribution in [0.2, 0.25) is 0 Å². The quantitative estimate of drug-likeness (QED) is 0.151. The highest BCUT2D eigenvalue weighted by Gasteiger charge is 2.36. The fraction of sp³-hybridized carbons (Fsp3) is 0.200. The molecule has 3 aromatic carbocycles. The van der Waals surface area contributed by atoms with Crippen molar-refractivity contribution in [2.45, 2.75) is 38.5 Å². The van der Waals surface area contributed by atoms with Gasteiger partial charge in [0.25, 0.3) is 0 Å². The van der Waals surface area contributed by atoms with Crippen molar-refractivity contribution in [1.29, 1.82) is 5.26 Å². The van der Waals surface area contributed by atoms with Crippen LogP contribution >= 0.6 is 0 Å². The first-order valence-corrected chi connectivity index (χ1v) is 12.6. The molecule has 0 radical (unpaired) electrons. The third kappa shape index (κ3) is 4.47.